The molecule has 0 bridgehead atoms. The molecule has 0 radical (unpaired) electrons. The molecule has 0 unspecified atom stereocenters. The predicted octanol–water partition coefficient (Wildman–Crippen LogP) is 3.24. The first-order valence-electron chi connectivity index (χ1n) is 6.79. The molecule has 0 atom stereocenters. The Morgan fingerprint density at radius 2 is 1.95 bits per heavy atom. The minimum absolute atomic E-state index is 0.104. The topological polar surface area (TPSA) is 44.1 Å². The summed E-state index contributed by atoms with van der Waals surface area (Å²) in [4.78, 5) is 15.6. The van der Waals surface area contributed by atoms with Gasteiger partial charge in [-0.05, 0) is 29.8 Å². The number of hydrogen-bond acceptors (Lipinski definition) is 3. The van der Waals surface area contributed by atoms with Gasteiger partial charge >= 0.3 is 0 Å². The molecule has 0 saturated heterocycles. The molecule has 104 valence electrons. The second-order valence-electron chi connectivity index (χ2n) is 4.85. The normalized spacial score (nSPS) is 13.4. The third-order valence-electron chi connectivity index (χ3n) is 3.47. The van der Waals surface area contributed by atoms with Crippen LogP contribution in [-0.4, -0.2) is 18.2 Å². The molecule has 2 aromatic rings. The quantitative estimate of drug-likeness (QED) is 0.854. The molecule has 1 aliphatic rings. The molecule has 0 fully saturated rings. The fraction of sp³-hybridized carbons (Fsp3) is 0.176. The fourth-order valence-corrected chi connectivity index (χ4v) is 3.39. The van der Waals surface area contributed by atoms with Crippen LogP contribution in [0.1, 0.15) is 11.1 Å². The summed E-state index contributed by atoms with van der Waals surface area (Å²) in [6.45, 7) is 0.747. The van der Waals surface area contributed by atoms with Crippen LogP contribution >= 0.6 is 11.8 Å². The van der Waals surface area contributed by atoms with Crippen LogP contribution < -0.4 is 4.90 Å². The van der Waals surface area contributed by atoms with Crippen molar-refractivity contribution in [1.29, 1.82) is 5.26 Å². The lowest BCUT2D eigenvalue weighted by molar-refractivity contribution is -0.118. The summed E-state index contributed by atoms with van der Waals surface area (Å²) in [6.07, 6.45) is 0.366. The number of amides is 1. The lowest BCUT2D eigenvalue weighted by Gasteiger charge is -2.29. The highest BCUT2D eigenvalue weighted by atomic mass is 32.2. The lowest BCUT2D eigenvalue weighted by Crippen LogP contribution is -2.36. The molecule has 0 aromatic heterocycles. The Hall–Kier alpha value is -2.25. The number of para-hydroxylation sites is 1. The van der Waals surface area contributed by atoms with Crippen molar-refractivity contribution in [2.24, 2.45) is 0 Å². The number of thioether (sulfide) groups is 1. The number of nitrogens with zero attached hydrogens (tertiary/aromatic N) is 2. The van der Waals surface area contributed by atoms with Crippen LogP contribution in [0.25, 0.3) is 0 Å². The van der Waals surface area contributed by atoms with E-state index in [9.17, 15) is 4.79 Å². The molecular formula is C17H14N2OS. The van der Waals surface area contributed by atoms with E-state index in [-0.39, 0.29) is 5.91 Å². The first kappa shape index (κ1) is 13.7. The summed E-state index contributed by atoms with van der Waals surface area (Å²) >= 11 is 1.79. The molecule has 1 aliphatic heterocycles. The van der Waals surface area contributed by atoms with Crippen molar-refractivity contribution in [2.75, 3.05) is 17.2 Å². The largest absolute Gasteiger partial charge is 0.310 e. The third kappa shape index (κ3) is 2.93. The number of carbonyl (C=O) groups is 1. The van der Waals surface area contributed by atoms with Gasteiger partial charge in [0.1, 0.15) is 0 Å². The molecule has 1 amide bonds. The Balaban J connectivity index is 1.78. The Morgan fingerprint density at radius 3 is 2.71 bits per heavy atom. The minimum Gasteiger partial charge on any atom is -0.310 e. The first-order valence-corrected chi connectivity index (χ1v) is 7.78. The van der Waals surface area contributed by atoms with Gasteiger partial charge in [-0.15, -0.1) is 11.8 Å². The van der Waals surface area contributed by atoms with Crippen molar-refractivity contribution >= 4 is 23.4 Å². The standard InChI is InChI=1S/C17H14N2OS/c18-12-14-7-5-13(6-8-14)11-17(20)19-9-10-21-16-4-2-1-3-15(16)19/h1-8H,9-11H2. The van der Waals surface area contributed by atoms with Crippen molar-refractivity contribution in [2.45, 2.75) is 11.3 Å². The van der Waals surface area contributed by atoms with Crippen molar-refractivity contribution in [3.63, 3.8) is 0 Å². The van der Waals surface area contributed by atoms with Crippen LogP contribution in [0, 0.1) is 11.3 Å². The molecule has 0 aliphatic carbocycles. The van der Waals surface area contributed by atoms with E-state index in [4.69, 9.17) is 5.26 Å². The summed E-state index contributed by atoms with van der Waals surface area (Å²) in [5.41, 5.74) is 2.56. The second-order valence-corrected chi connectivity index (χ2v) is 5.98. The number of rotatable bonds is 2. The zero-order valence-electron chi connectivity index (χ0n) is 11.5. The maximum absolute atomic E-state index is 12.5. The average molecular weight is 294 g/mol. The third-order valence-corrected chi connectivity index (χ3v) is 4.51. The lowest BCUT2D eigenvalue weighted by atomic mass is 10.1. The summed E-state index contributed by atoms with van der Waals surface area (Å²) in [7, 11) is 0. The van der Waals surface area contributed by atoms with E-state index in [0.29, 0.717) is 12.0 Å². The Kier molecular flexibility index (Phi) is 3.94. The van der Waals surface area contributed by atoms with Gasteiger partial charge in [0, 0.05) is 17.2 Å². The monoisotopic (exact) mass is 294 g/mol. The van der Waals surface area contributed by atoms with Crippen molar-refractivity contribution in [1.82, 2.24) is 0 Å². The predicted molar refractivity (Wildman–Crippen MR) is 84.4 cm³/mol. The van der Waals surface area contributed by atoms with Gasteiger partial charge in [-0.25, -0.2) is 0 Å². The molecule has 4 heteroatoms. The smallest absolute Gasteiger partial charge is 0.231 e. The Morgan fingerprint density at radius 1 is 1.19 bits per heavy atom. The Labute approximate surface area is 128 Å². The maximum Gasteiger partial charge on any atom is 0.231 e. The number of nitriles is 1. The van der Waals surface area contributed by atoms with Gasteiger partial charge in [-0.3, -0.25) is 4.79 Å². The summed E-state index contributed by atoms with van der Waals surface area (Å²) in [5, 5.41) is 8.80. The number of fused-ring (bicyclic) bond motifs is 1. The zero-order valence-corrected chi connectivity index (χ0v) is 12.3. The number of anilines is 1. The maximum atomic E-state index is 12.5. The number of hydrogen-bond donors (Lipinski definition) is 0. The van der Waals surface area contributed by atoms with Gasteiger partial charge in [-0.1, -0.05) is 24.3 Å². The average Bonchev–Trinajstić information content (AvgIpc) is 2.55. The van der Waals surface area contributed by atoms with Crippen LogP contribution in [0.5, 0.6) is 0 Å². The molecule has 3 rings (SSSR count). The molecule has 2 aromatic carbocycles. The van der Waals surface area contributed by atoms with Gasteiger partial charge in [0.25, 0.3) is 0 Å². The van der Waals surface area contributed by atoms with Crippen LogP contribution in [-0.2, 0) is 11.2 Å². The van der Waals surface area contributed by atoms with E-state index >= 15 is 0 Å². The van der Waals surface area contributed by atoms with Crippen LogP contribution in [0.3, 0.4) is 0 Å². The van der Waals surface area contributed by atoms with Gasteiger partial charge < -0.3 is 4.90 Å². The summed E-state index contributed by atoms with van der Waals surface area (Å²) in [6, 6.07) is 17.3. The van der Waals surface area contributed by atoms with E-state index in [1.165, 1.54) is 0 Å². The molecule has 0 N–H and O–H groups in total. The van der Waals surface area contributed by atoms with E-state index in [1.54, 1.807) is 23.9 Å². The second kappa shape index (κ2) is 6.02. The number of benzene rings is 2. The highest BCUT2D eigenvalue weighted by molar-refractivity contribution is 7.99. The molecule has 21 heavy (non-hydrogen) atoms. The fourth-order valence-electron chi connectivity index (χ4n) is 2.40. The van der Waals surface area contributed by atoms with Crippen molar-refractivity contribution < 1.29 is 4.79 Å². The summed E-state index contributed by atoms with van der Waals surface area (Å²) < 4.78 is 0. The first-order chi connectivity index (χ1) is 10.3. The van der Waals surface area contributed by atoms with E-state index in [0.717, 1.165) is 28.4 Å². The number of carbonyl (C=O) groups excluding carboxylic acids is 1. The van der Waals surface area contributed by atoms with Gasteiger partial charge in [0.05, 0.1) is 23.7 Å². The summed E-state index contributed by atoms with van der Waals surface area (Å²) in [5.74, 6) is 1.03. The van der Waals surface area contributed by atoms with Crippen LogP contribution in [0.4, 0.5) is 5.69 Å². The van der Waals surface area contributed by atoms with Crippen LogP contribution in [0.2, 0.25) is 0 Å². The molecular weight excluding hydrogens is 280 g/mol. The Bertz CT molecular complexity index is 703. The molecule has 1 heterocycles. The minimum atomic E-state index is 0.104. The van der Waals surface area contributed by atoms with Crippen molar-refractivity contribution in [3.05, 3.63) is 59.7 Å². The van der Waals surface area contributed by atoms with E-state index in [2.05, 4.69) is 12.1 Å². The van der Waals surface area contributed by atoms with Gasteiger partial charge in [-0.2, -0.15) is 5.26 Å². The molecule has 0 saturated carbocycles. The molecule has 3 nitrogen and oxygen atoms in total. The van der Waals surface area contributed by atoms with Crippen molar-refractivity contribution in [3.8, 4) is 6.07 Å². The molecule has 0 spiro atoms. The van der Waals surface area contributed by atoms with E-state index in [1.807, 2.05) is 35.2 Å². The van der Waals surface area contributed by atoms with E-state index < -0.39 is 0 Å². The van der Waals surface area contributed by atoms with Gasteiger partial charge in [0.2, 0.25) is 5.91 Å². The van der Waals surface area contributed by atoms with Gasteiger partial charge in [0.15, 0.2) is 0 Å². The van der Waals surface area contributed by atoms with Crippen LogP contribution in [0.15, 0.2) is 53.4 Å². The SMILES string of the molecule is N#Cc1ccc(CC(=O)N2CCSc3ccccc32)cc1. The highest BCUT2D eigenvalue weighted by Crippen LogP contribution is 2.34. The highest BCUT2D eigenvalue weighted by Gasteiger charge is 2.22. The zero-order chi connectivity index (χ0) is 14.7.